The van der Waals surface area contributed by atoms with Crippen molar-refractivity contribution in [2.75, 3.05) is 11.9 Å². The van der Waals surface area contributed by atoms with Crippen LogP contribution < -0.4 is 10.1 Å². The molecule has 5 rings (SSSR count). The van der Waals surface area contributed by atoms with E-state index in [9.17, 15) is 0 Å². The fourth-order valence-electron chi connectivity index (χ4n) is 4.10. The molecule has 3 aliphatic rings. The Labute approximate surface area is 148 Å². The third-order valence-corrected chi connectivity index (χ3v) is 5.81. The second-order valence-electron chi connectivity index (χ2n) is 7.65. The van der Waals surface area contributed by atoms with Crippen molar-refractivity contribution in [3.05, 3.63) is 41.7 Å². The van der Waals surface area contributed by atoms with Gasteiger partial charge in [-0.05, 0) is 55.9 Å². The van der Waals surface area contributed by atoms with E-state index in [1.54, 1.807) is 0 Å². The molecule has 0 amide bonds. The van der Waals surface area contributed by atoms with Crippen LogP contribution in [0.3, 0.4) is 0 Å². The number of benzene rings is 1. The highest BCUT2D eigenvalue weighted by Gasteiger charge is 2.51. The molecule has 0 saturated heterocycles. The molecule has 0 bridgehead atoms. The number of hydrogen-bond acceptors (Lipinski definition) is 3. The highest BCUT2D eigenvalue weighted by atomic mass is 16.5. The maximum absolute atomic E-state index is 5.83. The van der Waals surface area contributed by atoms with Crippen molar-refractivity contribution < 1.29 is 4.74 Å². The van der Waals surface area contributed by atoms with Gasteiger partial charge in [0.1, 0.15) is 5.75 Å². The van der Waals surface area contributed by atoms with Crippen molar-refractivity contribution in [3.8, 4) is 28.7 Å². The monoisotopic (exact) mass is 330 g/mol. The van der Waals surface area contributed by atoms with Crippen molar-refractivity contribution in [3.63, 3.8) is 0 Å². The Kier molecular flexibility index (Phi) is 3.28. The summed E-state index contributed by atoms with van der Waals surface area (Å²) >= 11 is 0. The molecule has 1 saturated carbocycles. The molecule has 3 nitrogen and oxygen atoms in total. The molecule has 25 heavy (non-hydrogen) atoms. The lowest BCUT2D eigenvalue weighted by atomic mass is 10.0. The van der Waals surface area contributed by atoms with Crippen LogP contribution in [0, 0.1) is 17.8 Å². The summed E-state index contributed by atoms with van der Waals surface area (Å²) in [6.07, 6.45) is 7.18. The average molecular weight is 330 g/mol. The number of rotatable bonds is 1. The van der Waals surface area contributed by atoms with Gasteiger partial charge in [-0.2, -0.15) is 0 Å². The number of anilines is 1. The van der Waals surface area contributed by atoms with E-state index in [0.29, 0.717) is 6.61 Å². The Hall–Kier alpha value is -2.47. The zero-order valence-corrected chi connectivity index (χ0v) is 14.6. The minimum atomic E-state index is 0.279. The number of ether oxygens (including phenoxy) is 1. The molecule has 3 heteroatoms. The maximum Gasteiger partial charge on any atom is 0.123 e. The summed E-state index contributed by atoms with van der Waals surface area (Å²) in [5, 5.41) is 3.75. The molecule has 3 heterocycles. The first-order valence-electron chi connectivity index (χ1n) is 9.20. The molecule has 2 aromatic rings. The van der Waals surface area contributed by atoms with Gasteiger partial charge >= 0.3 is 0 Å². The van der Waals surface area contributed by atoms with Gasteiger partial charge in [-0.1, -0.05) is 17.9 Å². The molecule has 1 aromatic heterocycles. The summed E-state index contributed by atoms with van der Waals surface area (Å²) in [5.41, 5.74) is 6.21. The third kappa shape index (κ3) is 2.66. The Balaban J connectivity index is 1.51. The van der Waals surface area contributed by atoms with Gasteiger partial charge in [0.2, 0.25) is 0 Å². The number of hydrogen-bond donors (Lipinski definition) is 1. The van der Waals surface area contributed by atoms with Gasteiger partial charge in [-0.15, -0.1) is 0 Å². The number of aromatic nitrogens is 1. The number of nitrogens with one attached hydrogen (secondary N) is 1. The van der Waals surface area contributed by atoms with Gasteiger partial charge < -0.3 is 10.1 Å². The normalized spacial score (nSPS) is 26.0. The fourth-order valence-corrected chi connectivity index (χ4v) is 4.10. The summed E-state index contributed by atoms with van der Waals surface area (Å²) in [5.74, 6) is 8.16. The third-order valence-electron chi connectivity index (χ3n) is 5.81. The molecule has 1 fully saturated rings. The van der Waals surface area contributed by atoms with Crippen molar-refractivity contribution in [1.82, 2.24) is 4.98 Å². The molecular formula is C22H22N2O. The van der Waals surface area contributed by atoms with Gasteiger partial charge in [0, 0.05) is 35.7 Å². The predicted octanol–water partition coefficient (Wildman–Crippen LogP) is 4.21. The van der Waals surface area contributed by atoms with Crippen molar-refractivity contribution in [1.29, 1.82) is 0 Å². The zero-order valence-electron chi connectivity index (χ0n) is 14.6. The largest absolute Gasteiger partial charge is 0.492 e. The van der Waals surface area contributed by atoms with Gasteiger partial charge in [-0.25, -0.2) is 0 Å². The lowest BCUT2D eigenvalue weighted by Crippen LogP contribution is -2.18. The van der Waals surface area contributed by atoms with Crippen LogP contribution in [-0.4, -0.2) is 17.1 Å². The Morgan fingerprint density at radius 2 is 2.20 bits per heavy atom. The number of fused-ring (bicyclic) bond motifs is 3. The molecule has 1 aromatic carbocycles. The Morgan fingerprint density at radius 1 is 1.24 bits per heavy atom. The van der Waals surface area contributed by atoms with Crippen LogP contribution in [0.15, 0.2) is 30.5 Å². The molecule has 1 aliphatic carbocycles. The molecule has 0 spiro atoms. The van der Waals surface area contributed by atoms with Crippen molar-refractivity contribution in [2.45, 2.75) is 44.6 Å². The molecule has 126 valence electrons. The molecule has 2 unspecified atom stereocenters. The molecular weight excluding hydrogens is 308 g/mol. The minimum Gasteiger partial charge on any atom is -0.492 e. The van der Waals surface area contributed by atoms with Gasteiger partial charge in [0.05, 0.1) is 18.0 Å². The summed E-state index contributed by atoms with van der Waals surface area (Å²) in [7, 11) is 0. The molecule has 0 radical (unpaired) electrons. The second-order valence-corrected chi connectivity index (χ2v) is 7.65. The van der Waals surface area contributed by atoms with E-state index in [0.717, 1.165) is 36.5 Å². The summed E-state index contributed by atoms with van der Waals surface area (Å²) in [6, 6.07) is 8.69. The van der Waals surface area contributed by atoms with Crippen LogP contribution in [0.2, 0.25) is 0 Å². The number of nitrogens with zero attached hydrogens (tertiary/aromatic N) is 1. The predicted molar refractivity (Wildman–Crippen MR) is 99.7 cm³/mol. The summed E-state index contributed by atoms with van der Waals surface area (Å²) in [6.45, 7) is 3.00. The van der Waals surface area contributed by atoms with E-state index in [1.165, 1.54) is 35.3 Å². The van der Waals surface area contributed by atoms with Crippen LogP contribution in [0.25, 0.3) is 11.1 Å². The van der Waals surface area contributed by atoms with Crippen LogP contribution in [-0.2, 0) is 12.8 Å². The van der Waals surface area contributed by atoms with Crippen LogP contribution in [0.5, 0.6) is 5.75 Å². The molecule has 2 aliphatic heterocycles. The highest BCUT2D eigenvalue weighted by Crippen LogP contribution is 2.51. The van der Waals surface area contributed by atoms with Crippen LogP contribution in [0.1, 0.15) is 37.4 Å². The SMILES string of the molecule is CC12CC1CCc1ncc(-c3ccc4c(c3)CC#CCCO4)cc1N2. The second kappa shape index (κ2) is 5.52. The Bertz CT molecular complexity index is 908. The first kappa shape index (κ1) is 14.8. The van der Waals surface area contributed by atoms with Crippen molar-refractivity contribution >= 4 is 5.69 Å². The van der Waals surface area contributed by atoms with Gasteiger partial charge in [0.25, 0.3) is 0 Å². The van der Waals surface area contributed by atoms with Gasteiger partial charge in [-0.3, -0.25) is 4.98 Å². The number of pyridine rings is 1. The fraction of sp³-hybridized carbons (Fsp3) is 0.409. The number of aryl methyl sites for hydroxylation is 1. The van der Waals surface area contributed by atoms with E-state index < -0.39 is 0 Å². The van der Waals surface area contributed by atoms with Crippen LogP contribution in [0.4, 0.5) is 5.69 Å². The first-order valence-corrected chi connectivity index (χ1v) is 9.20. The quantitative estimate of drug-likeness (QED) is 0.795. The van der Waals surface area contributed by atoms with E-state index in [1.807, 2.05) is 6.20 Å². The summed E-state index contributed by atoms with van der Waals surface area (Å²) in [4.78, 5) is 4.77. The lowest BCUT2D eigenvalue weighted by molar-refractivity contribution is 0.323. The van der Waals surface area contributed by atoms with E-state index in [4.69, 9.17) is 9.72 Å². The minimum absolute atomic E-state index is 0.279. The first-order chi connectivity index (χ1) is 12.2. The van der Waals surface area contributed by atoms with Crippen LogP contribution >= 0.6 is 0 Å². The van der Waals surface area contributed by atoms with Gasteiger partial charge in [0.15, 0.2) is 0 Å². The molecule has 1 N–H and O–H groups in total. The van der Waals surface area contributed by atoms with E-state index in [-0.39, 0.29) is 5.54 Å². The lowest BCUT2D eigenvalue weighted by Gasteiger charge is -2.17. The maximum atomic E-state index is 5.83. The van der Waals surface area contributed by atoms with E-state index in [2.05, 4.69) is 48.3 Å². The Morgan fingerprint density at radius 3 is 3.16 bits per heavy atom. The standard InChI is InChI=1S/C22H22N2O/c1-22-13-18(22)7-8-19-20(24-22)12-17(14-23-19)15-6-9-21-16(11-15)5-3-2-4-10-25-21/h6,9,11-12,14,18,24H,4-5,7-8,10,13H2,1H3. The summed E-state index contributed by atoms with van der Waals surface area (Å²) < 4.78 is 5.83. The van der Waals surface area contributed by atoms with E-state index >= 15 is 0 Å². The smallest absolute Gasteiger partial charge is 0.123 e. The van der Waals surface area contributed by atoms with Crippen molar-refractivity contribution in [2.24, 2.45) is 5.92 Å². The topological polar surface area (TPSA) is 34.1 Å². The molecule has 2 atom stereocenters. The average Bonchev–Trinajstić information content (AvgIpc) is 3.25. The zero-order chi connectivity index (χ0) is 16.9. The highest BCUT2D eigenvalue weighted by molar-refractivity contribution is 5.71.